The van der Waals surface area contributed by atoms with Crippen LogP contribution in [0.15, 0.2) is 77.0 Å². The number of nitrogens with zero attached hydrogens (tertiary/aromatic N) is 1. The number of benzene rings is 2. The highest BCUT2D eigenvalue weighted by Crippen LogP contribution is 2.17. The van der Waals surface area contributed by atoms with E-state index in [0.29, 0.717) is 0 Å². The third kappa shape index (κ3) is 8.20. The van der Waals surface area contributed by atoms with E-state index in [1.807, 2.05) is 36.4 Å². The number of aliphatic hydroxyl groups is 1. The fourth-order valence-electron chi connectivity index (χ4n) is 2.98. The minimum Gasteiger partial charge on any atom is -0.512 e. The fourth-order valence-corrected chi connectivity index (χ4v) is 2.98. The zero-order valence-corrected chi connectivity index (χ0v) is 19.5. The molecule has 0 spiro atoms. The van der Waals surface area contributed by atoms with Crippen LogP contribution in [0.3, 0.4) is 0 Å². The molecule has 0 saturated carbocycles. The molecule has 0 bridgehead atoms. The molecule has 1 N–H and O–H groups in total. The van der Waals surface area contributed by atoms with Gasteiger partial charge in [0.25, 0.3) is 0 Å². The monoisotopic (exact) mass is 467 g/mol. The molecule has 2 aromatic rings. The summed E-state index contributed by atoms with van der Waals surface area (Å²) in [7, 11) is 0. The molecule has 1 atom stereocenters. The lowest BCUT2D eigenvalue weighted by molar-refractivity contribution is -0.145. The minimum absolute atomic E-state index is 0.0450. The molecule has 8 heteroatoms. The Morgan fingerprint density at radius 3 is 1.91 bits per heavy atom. The third-order valence-electron chi connectivity index (χ3n) is 4.71. The number of hydrogen-bond donors (Lipinski definition) is 1. The van der Waals surface area contributed by atoms with E-state index in [9.17, 15) is 19.5 Å². The average molecular weight is 468 g/mol. The van der Waals surface area contributed by atoms with Crippen molar-refractivity contribution < 1.29 is 33.7 Å². The van der Waals surface area contributed by atoms with Crippen LogP contribution in [0.1, 0.15) is 31.9 Å². The van der Waals surface area contributed by atoms with Crippen molar-refractivity contribution in [3.8, 4) is 0 Å². The molecule has 8 nitrogen and oxygen atoms in total. The molecule has 0 saturated heterocycles. The maximum absolute atomic E-state index is 12.9. The number of ether oxygens (including phenoxy) is 3. The predicted molar refractivity (Wildman–Crippen MR) is 126 cm³/mol. The number of rotatable bonds is 11. The maximum atomic E-state index is 12.9. The summed E-state index contributed by atoms with van der Waals surface area (Å²) in [4.78, 5) is 41.7. The Hall–Kier alpha value is -3.94. The minimum atomic E-state index is -1.04. The Labute approximate surface area is 198 Å². The van der Waals surface area contributed by atoms with Crippen LogP contribution in [0.4, 0.5) is 0 Å². The van der Waals surface area contributed by atoms with E-state index in [1.54, 1.807) is 31.2 Å². The van der Waals surface area contributed by atoms with Gasteiger partial charge in [-0.25, -0.2) is 4.79 Å². The second-order valence-corrected chi connectivity index (χ2v) is 7.34. The largest absolute Gasteiger partial charge is 0.512 e. The summed E-state index contributed by atoms with van der Waals surface area (Å²) in [5.74, 6) is -3.64. The number of carbonyl (C=O) groups is 3. The van der Waals surface area contributed by atoms with Crippen molar-refractivity contribution in [3.63, 3.8) is 0 Å². The van der Waals surface area contributed by atoms with Gasteiger partial charge in [0.05, 0.1) is 18.2 Å². The number of esters is 3. The molecule has 34 heavy (non-hydrogen) atoms. The Morgan fingerprint density at radius 1 is 0.882 bits per heavy atom. The summed E-state index contributed by atoms with van der Waals surface area (Å²) >= 11 is 0. The van der Waals surface area contributed by atoms with Crippen molar-refractivity contribution in [2.24, 2.45) is 10.9 Å². The molecule has 0 heterocycles. The summed E-state index contributed by atoms with van der Waals surface area (Å²) in [5.41, 5.74) is 1.13. The number of allylic oxidation sites excluding steroid dienone is 1. The van der Waals surface area contributed by atoms with Gasteiger partial charge in [-0.2, -0.15) is 0 Å². The molecule has 0 radical (unpaired) electrons. The first kappa shape index (κ1) is 26.3. The second kappa shape index (κ2) is 13.6. The van der Waals surface area contributed by atoms with E-state index < -0.39 is 36.1 Å². The van der Waals surface area contributed by atoms with Gasteiger partial charge in [-0.3, -0.25) is 14.6 Å². The van der Waals surface area contributed by atoms with Crippen LogP contribution in [-0.4, -0.2) is 41.9 Å². The molecule has 2 rings (SSSR count). The molecule has 0 aromatic heterocycles. The third-order valence-corrected chi connectivity index (χ3v) is 4.71. The molecule has 0 fully saturated rings. The summed E-state index contributed by atoms with van der Waals surface area (Å²) in [6.07, 6.45) is 0. The van der Waals surface area contributed by atoms with Crippen molar-refractivity contribution >= 4 is 23.6 Å². The topological polar surface area (TPSA) is 111 Å². The number of carbonyl (C=O) groups excluding carboxylic acids is 3. The van der Waals surface area contributed by atoms with Gasteiger partial charge in [-0.15, -0.1) is 0 Å². The average Bonchev–Trinajstić information content (AvgIpc) is 2.84. The Bertz CT molecular complexity index is 1030. The van der Waals surface area contributed by atoms with Gasteiger partial charge in [-0.1, -0.05) is 60.7 Å². The van der Waals surface area contributed by atoms with Crippen LogP contribution in [-0.2, 0) is 41.8 Å². The van der Waals surface area contributed by atoms with E-state index in [0.717, 1.165) is 11.1 Å². The lowest BCUT2D eigenvalue weighted by Crippen LogP contribution is -2.30. The normalized spacial score (nSPS) is 12.9. The fraction of sp³-hybridized carbons (Fsp3) is 0.308. The van der Waals surface area contributed by atoms with Crippen LogP contribution in [0.5, 0.6) is 0 Å². The van der Waals surface area contributed by atoms with E-state index in [2.05, 4.69) is 4.99 Å². The van der Waals surface area contributed by atoms with Gasteiger partial charge in [-0.05, 0) is 31.9 Å². The highest BCUT2D eigenvalue weighted by atomic mass is 16.5. The highest BCUT2D eigenvalue weighted by molar-refractivity contribution is 6.25. The molecule has 0 amide bonds. The quantitative estimate of drug-likeness (QED) is 0.175. The summed E-state index contributed by atoms with van der Waals surface area (Å²) in [5, 5.41) is 10.3. The Kier molecular flexibility index (Phi) is 10.5. The smallest absolute Gasteiger partial charge is 0.343 e. The van der Waals surface area contributed by atoms with E-state index in [1.165, 1.54) is 13.8 Å². The van der Waals surface area contributed by atoms with Gasteiger partial charge in [0.2, 0.25) is 0 Å². The zero-order valence-electron chi connectivity index (χ0n) is 19.5. The number of aliphatic hydroxyl groups excluding tert-OH is 1. The van der Waals surface area contributed by atoms with Crippen LogP contribution in [0.2, 0.25) is 0 Å². The van der Waals surface area contributed by atoms with Gasteiger partial charge >= 0.3 is 17.9 Å². The van der Waals surface area contributed by atoms with Crippen molar-refractivity contribution in [1.82, 2.24) is 0 Å². The van der Waals surface area contributed by atoms with E-state index >= 15 is 0 Å². The number of hydrogen-bond acceptors (Lipinski definition) is 8. The summed E-state index contributed by atoms with van der Waals surface area (Å²) in [6, 6.07) is 18.1. The van der Waals surface area contributed by atoms with Gasteiger partial charge in [0, 0.05) is 0 Å². The molecule has 180 valence electrons. The molecule has 0 aliphatic rings. The number of aliphatic imine (C=N–C) groups is 1. The molecule has 1 unspecified atom stereocenters. The van der Waals surface area contributed by atoms with Gasteiger partial charge < -0.3 is 19.3 Å². The Balaban J connectivity index is 2.21. The van der Waals surface area contributed by atoms with Crippen molar-refractivity contribution in [3.05, 3.63) is 83.1 Å². The van der Waals surface area contributed by atoms with Crippen LogP contribution in [0, 0.1) is 5.92 Å². The standard InChI is InChI=1S/C26H29NO7/c1-4-32-25(30)18(2)24(27-15-22(29)33-16-20-11-7-5-8-12-20)23(19(3)28)26(31)34-17-21-13-9-6-10-14-21/h5-14,18,28H,4,15-17H2,1-3H3. The molecule has 0 aliphatic carbocycles. The van der Waals surface area contributed by atoms with E-state index in [-0.39, 0.29) is 31.1 Å². The van der Waals surface area contributed by atoms with Crippen molar-refractivity contribution in [2.45, 2.75) is 34.0 Å². The first-order valence-corrected chi connectivity index (χ1v) is 10.8. The maximum Gasteiger partial charge on any atom is 0.343 e. The molecule has 2 aromatic carbocycles. The predicted octanol–water partition coefficient (Wildman–Crippen LogP) is 3.95. The first-order chi connectivity index (χ1) is 16.3. The molecule has 0 aliphatic heterocycles. The van der Waals surface area contributed by atoms with Gasteiger partial charge in [0.1, 0.15) is 31.1 Å². The lowest BCUT2D eigenvalue weighted by Gasteiger charge is -2.17. The Morgan fingerprint density at radius 2 is 1.41 bits per heavy atom. The van der Waals surface area contributed by atoms with Crippen LogP contribution < -0.4 is 0 Å². The van der Waals surface area contributed by atoms with Crippen molar-refractivity contribution in [2.75, 3.05) is 13.2 Å². The van der Waals surface area contributed by atoms with Crippen LogP contribution in [0.25, 0.3) is 0 Å². The summed E-state index contributed by atoms with van der Waals surface area (Å²) < 4.78 is 15.6. The van der Waals surface area contributed by atoms with Crippen LogP contribution >= 0.6 is 0 Å². The first-order valence-electron chi connectivity index (χ1n) is 10.8. The van der Waals surface area contributed by atoms with Gasteiger partial charge in [0.15, 0.2) is 0 Å². The molecular weight excluding hydrogens is 438 g/mol. The molecular formula is C26H29NO7. The lowest BCUT2D eigenvalue weighted by atomic mass is 9.97. The zero-order chi connectivity index (χ0) is 24.9. The summed E-state index contributed by atoms with van der Waals surface area (Å²) in [6.45, 7) is 4.06. The highest BCUT2D eigenvalue weighted by Gasteiger charge is 2.30. The SMILES string of the molecule is CCOC(=O)C(C)C(=NCC(=O)OCc1ccccc1)C(C(=O)OCc1ccccc1)=C(C)O. The second-order valence-electron chi connectivity index (χ2n) is 7.34. The van der Waals surface area contributed by atoms with Crippen molar-refractivity contribution in [1.29, 1.82) is 0 Å². The van der Waals surface area contributed by atoms with E-state index in [4.69, 9.17) is 14.2 Å².